The predicted molar refractivity (Wildman–Crippen MR) is 74.1 cm³/mol. The minimum absolute atomic E-state index is 0.584. The van der Waals surface area contributed by atoms with Crippen LogP contribution in [0.2, 0.25) is 0 Å². The van der Waals surface area contributed by atoms with Gasteiger partial charge >= 0.3 is 0 Å². The van der Waals surface area contributed by atoms with Crippen LogP contribution in [-0.2, 0) is 0 Å². The molecule has 1 aliphatic heterocycles. The molecule has 2 saturated carbocycles. The van der Waals surface area contributed by atoms with Gasteiger partial charge in [-0.2, -0.15) is 5.26 Å². The van der Waals surface area contributed by atoms with Crippen molar-refractivity contribution in [3.05, 3.63) is 18.1 Å². The molecule has 1 N–H and O–H groups in total. The summed E-state index contributed by atoms with van der Waals surface area (Å²) >= 11 is 0. The minimum Gasteiger partial charge on any atom is -0.355 e. The van der Waals surface area contributed by atoms with E-state index in [0.717, 1.165) is 41.8 Å². The Hall–Kier alpha value is -2.09. The van der Waals surface area contributed by atoms with Gasteiger partial charge < -0.3 is 9.88 Å². The first kappa shape index (κ1) is 10.7. The van der Waals surface area contributed by atoms with Crippen molar-refractivity contribution >= 4 is 16.9 Å². The van der Waals surface area contributed by atoms with Crippen LogP contribution in [0, 0.1) is 28.6 Å². The number of anilines is 1. The Labute approximate surface area is 116 Å². The smallest absolute Gasteiger partial charge is 0.144 e. The number of rotatable bonds is 2. The maximum absolute atomic E-state index is 9.26. The summed E-state index contributed by atoms with van der Waals surface area (Å²) in [5.74, 6) is 2.75. The lowest BCUT2D eigenvalue weighted by atomic mass is 10.00. The van der Waals surface area contributed by atoms with Crippen LogP contribution in [0.4, 0.5) is 5.82 Å². The quantitative estimate of drug-likeness (QED) is 0.902. The molecular formula is C15H15N5. The number of hydrogen-bond donors (Lipinski definition) is 1. The molecule has 2 unspecified atom stereocenters. The number of H-pyrrole nitrogens is 1. The Kier molecular flexibility index (Phi) is 1.77. The average molecular weight is 265 g/mol. The standard InChI is InChI=1S/C15H15N5/c16-4-9-5-17-13-12(9)14(19-8-18-13)20-6-11-3-15(11,7-20)10-1-2-10/h5,8,10-11H,1-3,6-7H2,(H,17,18,19). The van der Waals surface area contributed by atoms with Crippen molar-refractivity contribution in [1.29, 1.82) is 5.26 Å². The molecule has 5 nitrogen and oxygen atoms in total. The maximum Gasteiger partial charge on any atom is 0.144 e. The van der Waals surface area contributed by atoms with Crippen LogP contribution >= 0.6 is 0 Å². The number of piperidine rings is 1. The van der Waals surface area contributed by atoms with Crippen LogP contribution in [0.15, 0.2) is 12.5 Å². The Morgan fingerprint density at radius 3 is 3.05 bits per heavy atom. The third-order valence-corrected chi connectivity index (χ3v) is 5.47. The molecule has 20 heavy (non-hydrogen) atoms. The van der Waals surface area contributed by atoms with E-state index in [1.165, 1.54) is 19.3 Å². The normalized spacial score (nSPS) is 31.4. The Balaban J connectivity index is 1.59. The first-order valence-electron chi connectivity index (χ1n) is 7.29. The Morgan fingerprint density at radius 1 is 1.35 bits per heavy atom. The number of nitrogens with one attached hydrogen (secondary N) is 1. The fourth-order valence-electron chi connectivity index (χ4n) is 4.25. The van der Waals surface area contributed by atoms with Gasteiger partial charge in [-0.15, -0.1) is 0 Å². The molecule has 3 heterocycles. The third kappa shape index (κ3) is 1.22. The molecule has 2 aromatic rings. The van der Waals surface area contributed by atoms with E-state index in [9.17, 15) is 5.26 Å². The summed E-state index contributed by atoms with van der Waals surface area (Å²) in [5, 5.41) is 10.1. The molecule has 0 bridgehead atoms. The molecule has 2 aliphatic carbocycles. The molecule has 0 amide bonds. The van der Waals surface area contributed by atoms with Crippen LogP contribution in [-0.4, -0.2) is 28.0 Å². The highest BCUT2D eigenvalue weighted by Gasteiger charge is 2.66. The topological polar surface area (TPSA) is 68.6 Å². The number of nitriles is 1. The largest absolute Gasteiger partial charge is 0.355 e. The molecular weight excluding hydrogens is 250 g/mol. The summed E-state index contributed by atoms with van der Waals surface area (Å²) in [7, 11) is 0. The second-order valence-corrected chi connectivity index (χ2v) is 6.52. The van der Waals surface area contributed by atoms with Gasteiger partial charge in [-0.3, -0.25) is 0 Å². The van der Waals surface area contributed by atoms with Gasteiger partial charge in [0.25, 0.3) is 0 Å². The van der Waals surface area contributed by atoms with E-state index in [1.54, 1.807) is 12.5 Å². The van der Waals surface area contributed by atoms with E-state index in [1.807, 2.05) is 0 Å². The summed E-state index contributed by atoms with van der Waals surface area (Å²) < 4.78 is 0. The zero-order valence-corrected chi connectivity index (χ0v) is 11.1. The van der Waals surface area contributed by atoms with Gasteiger partial charge in [0.1, 0.15) is 23.9 Å². The molecule has 0 radical (unpaired) electrons. The lowest BCUT2D eigenvalue weighted by Gasteiger charge is -2.22. The zero-order valence-electron chi connectivity index (χ0n) is 11.1. The molecule has 5 heteroatoms. The number of aromatic amines is 1. The Morgan fingerprint density at radius 2 is 2.25 bits per heavy atom. The zero-order chi connectivity index (χ0) is 13.3. The molecule has 100 valence electrons. The number of aromatic nitrogens is 3. The fourth-order valence-corrected chi connectivity index (χ4v) is 4.25. The first-order valence-corrected chi connectivity index (χ1v) is 7.29. The van der Waals surface area contributed by atoms with Crippen molar-refractivity contribution in [3.63, 3.8) is 0 Å². The van der Waals surface area contributed by atoms with E-state index in [4.69, 9.17) is 0 Å². The van der Waals surface area contributed by atoms with Crippen LogP contribution in [0.1, 0.15) is 24.8 Å². The lowest BCUT2D eigenvalue weighted by Crippen LogP contribution is -2.26. The van der Waals surface area contributed by atoms with E-state index in [-0.39, 0.29) is 0 Å². The molecule has 1 saturated heterocycles. The molecule has 0 aromatic carbocycles. The lowest BCUT2D eigenvalue weighted by molar-refractivity contribution is 0.455. The molecule has 2 aromatic heterocycles. The SMILES string of the molecule is N#Cc1c[nH]c2ncnc(N3CC4CC4(C4CC4)C3)c12. The number of hydrogen-bond acceptors (Lipinski definition) is 4. The van der Waals surface area contributed by atoms with Crippen LogP contribution in [0.25, 0.3) is 11.0 Å². The van der Waals surface area contributed by atoms with Crippen LogP contribution in [0.3, 0.4) is 0 Å². The second-order valence-electron chi connectivity index (χ2n) is 6.52. The third-order valence-electron chi connectivity index (χ3n) is 5.47. The molecule has 5 rings (SSSR count). The van der Waals surface area contributed by atoms with Gasteiger partial charge in [0, 0.05) is 19.3 Å². The van der Waals surface area contributed by atoms with Gasteiger partial charge in [0.05, 0.1) is 10.9 Å². The van der Waals surface area contributed by atoms with E-state index in [0.29, 0.717) is 11.0 Å². The number of fused-ring (bicyclic) bond motifs is 2. The van der Waals surface area contributed by atoms with Crippen molar-refractivity contribution in [2.45, 2.75) is 19.3 Å². The molecule has 0 spiro atoms. The second kappa shape index (κ2) is 3.32. The maximum atomic E-state index is 9.26. The summed E-state index contributed by atoms with van der Waals surface area (Å²) in [6.07, 6.45) is 7.56. The van der Waals surface area contributed by atoms with Gasteiger partial charge in [-0.25, -0.2) is 9.97 Å². The minimum atomic E-state index is 0.584. The fraction of sp³-hybridized carbons (Fsp3) is 0.533. The van der Waals surface area contributed by atoms with E-state index >= 15 is 0 Å². The summed E-state index contributed by atoms with van der Waals surface area (Å²) in [4.78, 5) is 14.2. The highest BCUT2D eigenvalue weighted by molar-refractivity contribution is 5.93. The predicted octanol–water partition coefficient (Wildman–Crippen LogP) is 2.07. The van der Waals surface area contributed by atoms with Gasteiger partial charge in [-0.05, 0) is 36.5 Å². The highest BCUT2D eigenvalue weighted by Crippen LogP contribution is 2.69. The van der Waals surface area contributed by atoms with E-state index in [2.05, 4.69) is 25.9 Å². The van der Waals surface area contributed by atoms with Crippen LogP contribution < -0.4 is 4.90 Å². The van der Waals surface area contributed by atoms with Gasteiger partial charge in [-0.1, -0.05) is 0 Å². The first-order chi connectivity index (χ1) is 9.82. The van der Waals surface area contributed by atoms with Gasteiger partial charge in [0.2, 0.25) is 0 Å². The summed E-state index contributed by atoms with van der Waals surface area (Å²) in [5.41, 5.74) is 2.00. The van der Waals surface area contributed by atoms with Crippen LogP contribution in [0.5, 0.6) is 0 Å². The van der Waals surface area contributed by atoms with E-state index < -0.39 is 0 Å². The molecule has 3 aliphatic rings. The highest BCUT2D eigenvalue weighted by atomic mass is 15.3. The average Bonchev–Trinajstić information content (AvgIpc) is 3.37. The molecule has 2 atom stereocenters. The monoisotopic (exact) mass is 265 g/mol. The van der Waals surface area contributed by atoms with Crippen molar-refractivity contribution in [2.75, 3.05) is 18.0 Å². The van der Waals surface area contributed by atoms with Crippen molar-refractivity contribution < 1.29 is 0 Å². The van der Waals surface area contributed by atoms with Gasteiger partial charge in [0.15, 0.2) is 0 Å². The number of nitrogens with zero attached hydrogens (tertiary/aromatic N) is 4. The van der Waals surface area contributed by atoms with Crippen molar-refractivity contribution in [1.82, 2.24) is 15.0 Å². The van der Waals surface area contributed by atoms with Crippen molar-refractivity contribution in [2.24, 2.45) is 17.3 Å². The summed E-state index contributed by atoms with van der Waals surface area (Å²) in [6, 6.07) is 2.24. The molecule has 3 fully saturated rings. The summed E-state index contributed by atoms with van der Waals surface area (Å²) in [6.45, 7) is 2.21. The van der Waals surface area contributed by atoms with Crippen molar-refractivity contribution in [3.8, 4) is 6.07 Å². The Bertz CT molecular complexity index is 753.